The zero-order valence-corrected chi connectivity index (χ0v) is 13.0. The highest BCUT2D eigenvalue weighted by atomic mass is 15.2. The molecule has 2 aromatic heterocycles. The molecule has 0 radical (unpaired) electrons. The van der Waals surface area contributed by atoms with E-state index in [0.717, 1.165) is 47.8 Å². The van der Waals surface area contributed by atoms with E-state index in [9.17, 15) is 0 Å². The Morgan fingerprint density at radius 3 is 3.05 bits per heavy atom. The summed E-state index contributed by atoms with van der Waals surface area (Å²) in [5.74, 6) is 1.72. The first-order chi connectivity index (χ1) is 10.2. The van der Waals surface area contributed by atoms with Crippen molar-refractivity contribution < 1.29 is 0 Å². The topological polar surface area (TPSA) is 56.3 Å². The smallest absolute Gasteiger partial charge is 0.136 e. The van der Waals surface area contributed by atoms with E-state index >= 15 is 0 Å². The van der Waals surface area contributed by atoms with Crippen LogP contribution in [0.15, 0.2) is 36.1 Å². The van der Waals surface area contributed by atoms with Gasteiger partial charge < -0.3 is 15.2 Å². The minimum absolute atomic E-state index is 0.857. The number of aliphatic imine (C=N–C) groups is 1. The molecule has 0 aliphatic carbocycles. The van der Waals surface area contributed by atoms with Gasteiger partial charge in [-0.25, -0.2) is 4.99 Å². The Kier molecular flexibility index (Phi) is 5.11. The number of aryl methyl sites for hydroxylation is 1. The minimum Gasteiger partial charge on any atom is -0.358 e. The SMILES string of the molecule is C=CC(=Nc1[nH]c2ccncc2c1C)N(C)CCNCC. The van der Waals surface area contributed by atoms with Crippen molar-refractivity contribution in [2.75, 3.05) is 26.7 Å². The predicted molar refractivity (Wildman–Crippen MR) is 89.3 cm³/mol. The van der Waals surface area contributed by atoms with E-state index in [-0.39, 0.29) is 0 Å². The summed E-state index contributed by atoms with van der Waals surface area (Å²) in [5.41, 5.74) is 2.16. The molecule has 2 N–H and O–H groups in total. The van der Waals surface area contributed by atoms with E-state index in [4.69, 9.17) is 4.99 Å². The number of amidine groups is 1. The third kappa shape index (κ3) is 3.49. The Labute approximate surface area is 125 Å². The van der Waals surface area contributed by atoms with Gasteiger partial charge in [-0.15, -0.1) is 0 Å². The van der Waals surface area contributed by atoms with Crippen LogP contribution >= 0.6 is 0 Å². The number of pyridine rings is 1. The Bertz CT molecular complexity index is 641. The van der Waals surface area contributed by atoms with Crippen molar-refractivity contribution >= 4 is 22.6 Å². The number of likely N-dealkylation sites (N-methyl/N-ethyl adjacent to an activating group) is 2. The van der Waals surface area contributed by atoms with Crippen molar-refractivity contribution in [3.63, 3.8) is 0 Å². The molecular weight excluding hydrogens is 262 g/mol. The van der Waals surface area contributed by atoms with Crippen LogP contribution in [-0.4, -0.2) is 47.4 Å². The van der Waals surface area contributed by atoms with E-state index in [2.05, 4.69) is 40.6 Å². The summed E-state index contributed by atoms with van der Waals surface area (Å²) in [6.07, 6.45) is 5.43. The van der Waals surface area contributed by atoms with Crippen LogP contribution in [0.2, 0.25) is 0 Å². The lowest BCUT2D eigenvalue weighted by molar-refractivity contribution is 0.488. The summed E-state index contributed by atoms with van der Waals surface area (Å²) < 4.78 is 0. The standard InChI is InChI=1S/C16H23N5/c1-5-15(21(4)10-9-17-6-2)20-16-12(3)13-11-18-8-7-14(13)19-16/h5,7-8,11,17,19H,1,6,9-10H2,2-4H3. The number of hydrogen-bond acceptors (Lipinski definition) is 3. The molecule has 0 fully saturated rings. The van der Waals surface area contributed by atoms with Crippen molar-refractivity contribution in [2.24, 2.45) is 4.99 Å². The van der Waals surface area contributed by atoms with Gasteiger partial charge in [-0.1, -0.05) is 13.5 Å². The summed E-state index contributed by atoms with van der Waals surface area (Å²) in [5, 5.41) is 4.41. The molecule has 0 aliphatic rings. The molecule has 2 heterocycles. The zero-order valence-electron chi connectivity index (χ0n) is 13.0. The summed E-state index contributed by atoms with van der Waals surface area (Å²) >= 11 is 0. The van der Waals surface area contributed by atoms with E-state index in [1.54, 1.807) is 12.3 Å². The monoisotopic (exact) mass is 285 g/mol. The van der Waals surface area contributed by atoms with Crippen molar-refractivity contribution in [2.45, 2.75) is 13.8 Å². The number of fused-ring (bicyclic) bond motifs is 1. The number of rotatable bonds is 6. The highest BCUT2D eigenvalue weighted by Gasteiger charge is 2.09. The van der Waals surface area contributed by atoms with Gasteiger partial charge in [0, 0.05) is 43.5 Å². The first-order valence-corrected chi connectivity index (χ1v) is 7.22. The fraction of sp³-hybridized carbons (Fsp3) is 0.375. The Morgan fingerprint density at radius 2 is 2.38 bits per heavy atom. The molecule has 0 aromatic carbocycles. The van der Waals surface area contributed by atoms with Gasteiger partial charge >= 0.3 is 0 Å². The average molecular weight is 285 g/mol. The van der Waals surface area contributed by atoms with Crippen LogP contribution in [0.5, 0.6) is 0 Å². The molecule has 2 aromatic rings. The molecule has 0 atom stereocenters. The lowest BCUT2D eigenvalue weighted by atomic mass is 10.2. The van der Waals surface area contributed by atoms with Crippen LogP contribution in [0.3, 0.4) is 0 Å². The second kappa shape index (κ2) is 7.04. The lowest BCUT2D eigenvalue weighted by Crippen LogP contribution is -2.32. The van der Waals surface area contributed by atoms with Gasteiger partial charge in [0.2, 0.25) is 0 Å². The quantitative estimate of drug-likeness (QED) is 0.487. The maximum Gasteiger partial charge on any atom is 0.136 e. The van der Waals surface area contributed by atoms with Gasteiger partial charge in [-0.2, -0.15) is 0 Å². The largest absolute Gasteiger partial charge is 0.358 e. The third-order valence-electron chi connectivity index (χ3n) is 3.51. The van der Waals surface area contributed by atoms with Gasteiger partial charge in [0.15, 0.2) is 0 Å². The maximum atomic E-state index is 4.71. The number of aromatic nitrogens is 2. The average Bonchev–Trinajstić information content (AvgIpc) is 2.81. The number of aromatic amines is 1. The van der Waals surface area contributed by atoms with Gasteiger partial charge in [-0.3, -0.25) is 4.98 Å². The zero-order chi connectivity index (χ0) is 15.2. The molecule has 0 amide bonds. The number of nitrogens with one attached hydrogen (secondary N) is 2. The van der Waals surface area contributed by atoms with Crippen molar-refractivity contribution in [3.8, 4) is 0 Å². The fourth-order valence-electron chi connectivity index (χ4n) is 2.20. The van der Waals surface area contributed by atoms with Crippen LogP contribution in [0.4, 0.5) is 5.82 Å². The van der Waals surface area contributed by atoms with Crippen LogP contribution in [0, 0.1) is 6.92 Å². The predicted octanol–water partition coefficient (Wildman–Crippen LogP) is 2.63. The van der Waals surface area contributed by atoms with Gasteiger partial charge in [0.1, 0.15) is 11.7 Å². The molecular formula is C16H23N5. The fourth-order valence-corrected chi connectivity index (χ4v) is 2.20. The summed E-state index contributed by atoms with van der Waals surface area (Å²) in [6, 6.07) is 1.96. The molecule has 0 unspecified atom stereocenters. The summed E-state index contributed by atoms with van der Waals surface area (Å²) in [4.78, 5) is 14.3. The van der Waals surface area contributed by atoms with Crippen LogP contribution in [0.1, 0.15) is 12.5 Å². The first-order valence-electron chi connectivity index (χ1n) is 7.22. The van der Waals surface area contributed by atoms with E-state index in [0.29, 0.717) is 0 Å². The number of nitrogens with zero attached hydrogens (tertiary/aromatic N) is 3. The molecule has 0 spiro atoms. The van der Waals surface area contributed by atoms with Gasteiger partial charge in [0.05, 0.1) is 5.52 Å². The van der Waals surface area contributed by atoms with E-state index < -0.39 is 0 Å². The molecule has 0 bridgehead atoms. The molecule has 2 rings (SSSR count). The Balaban J connectivity index is 2.25. The Morgan fingerprint density at radius 1 is 1.57 bits per heavy atom. The number of hydrogen-bond donors (Lipinski definition) is 2. The number of H-pyrrole nitrogens is 1. The highest BCUT2D eigenvalue weighted by Crippen LogP contribution is 2.26. The van der Waals surface area contributed by atoms with Crippen molar-refractivity contribution in [3.05, 3.63) is 36.7 Å². The molecule has 21 heavy (non-hydrogen) atoms. The second-order valence-corrected chi connectivity index (χ2v) is 4.97. The summed E-state index contributed by atoms with van der Waals surface area (Å²) in [7, 11) is 2.03. The normalized spacial score (nSPS) is 11.9. The Hall–Kier alpha value is -2.14. The van der Waals surface area contributed by atoms with Gasteiger partial charge in [0.25, 0.3) is 0 Å². The van der Waals surface area contributed by atoms with E-state index in [1.807, 2.05) is 19.3 Å². The molecule has 112 valence electrons. The maximum absolute atomic E-state index is 4.71. The molecule has 0 aliphatic heterocycles. The minimum atomic E-state index is 0.857. The molecule has 0 saturated carbocycles. The third-order valence-corrected chi connectivity index (χ3v) is 3.51. The molecule has 5 nitrogen and oxygen atoms in total. The van der Waals surface area contributed by atoms with Crippen molar-refractivity contribution in [1.29, 1.82) is 0 Å². The molecule has 0 saturated heterocycles. The summed E-state index contributed by atoms with van der Waals surface area (Å²) in [6.45, 7) is 10.8. The van der Waals surface area contributed by atoms with Crippen LogP contribution in [-0.2, 0) is 0 Å². The van der Waals surface area contributed by atoms with Crippen LogP contribution in [0.25, 0.3) is 10.9 Å². The van der Waals surface area contributed by atoms with Crippen LogP contribution < -0.4 is 5.32 Å². The lowest BCUT2D eigenvalue weighted by Gasteiger charge is -2.18. The van der Waals surface area contributed by atoms with E-state index in [1.165, 1.54) is 0 Å². The van der Waals surface area contributed by atoms with Crippen molar-refractivity contribution in [1.82, 2.24) is 20.2 Å². The first kappa shape index (κ1) is 15.3. The second-order valence-electron chi connectivity index (χ2n) is 4.97. The highest BCUT2D eigenvalue weighted by molar-refractivity contribution is 5.96. The van der Waals surface area contributed by atoms with Gasteiger partial charge in [-0.05, 0) is 25.6 Å². The molecule has 5 heteroatoms.